The fraction of sp³-hybridized carbons (Fsp3) is 0.667. The van der Waals surface area contributed by atoms with Gasteiger partial charge in [-0.1, -0.05) is 6.07 Å². The number of carbonyl (C=O) groups excluding carboxylic acids is 1. The van der Waals surface area contributed by atoms with Gasteiger partial charge in [0.2, 0.25) is 0 Å². The highest BCUT2D eigenvalue weighted by Crippen LogP contribution is 2.42. The van der Waals surface area contributed by atoms with Crippen LogP contribution in [-0.2, 0) is 17.3 Å². The van der Waals surface area contributed by atoms with Crippen LogP contribution in [0.2, 0.25) is 0 Å². The summed E-state index contributed by atoms with van der Waals surface area (Å²) in [7, 11) is 0. The number of alkyl halides is 3. The number of hydrogen-bond acceptors (Lipinski definition) is 3. The number of amides is 1. The van der Waals surface area contributed by atoms with Crippen LogP contribution in [0.15, 0.2) is 18.2 Å². The van der Waals surface area contributed by atoms with Crippen molar-refractivity contribution in [2.24, 2.45) is 0 Å². The van der Waals surface area contributed by atoms with E-state index in [1.807, 2.05) is 0 Å². The van der Waals surface area contributed by atoms with Gasteiger partial charge in [-0.2, -0.15) is 13.2 Å². The second-order valence-electron chi connectivity index (χ2n) is 9.25. The first-order valence-electron chi connectivity index (χ1n) is 9.87. The summed E-state index contributed by atoms with van der Waals surface area (Å²) < 4.78 is 58.1. The van der Waals surface area contributed by atoms with Crippen LogP contribution in [0.3, 0.4) is 0 Å². The lowest BCUT2D eigenvalue weighted by molar-refractivity contribution is -0.140. The van der Waals surface area contributed by atoms with Gasteiger partial charge >= 0.3 is 12.3 Å². The molecule has 2 heterocycles. The number of rotatable bonds is 2. The lowest BCUT2D eigenvalue weighted by Gasteiger charge is -2.51. The number of benzene rings is 1. The first-order valence-corrected chi connectivity index (χ1v) is 9.87. The van der Waals surface area contributed by atoms with E-state index in [-0.39, 0.29) is 36.9 Å². The third-order valence-corrected chi connectivity index (χ3v) is 5.57. The van der Waals surface area contributed by atoms with Gasteiger partial charge in [-0.05, 0) is 70.6 Å². The largest absolute Gasteiger partial charge is 0.444 e. The average molecular weight is 417 g/mol. The van der Waals surface area contributed by atoms with Gasteiger partial charge in [-0.3, -0.25) is 0 Å². The smallest absolute Gasteiger partial charge is 0.419 e. The van der Waals surface area contributed by atoms with Crippen LogP contribution in [0.4, 0.5) is 22.4 Å². The van der Waals surface area contributed by atoms with Crippen molar-refractivity contribution in [3.8, 4) is 0 Å². The summed E-state index contributed by atoms with van der Waals surface area (Å²) in [6, 6.07) is 2.37. The number of aliphatic hydroxyl groups is 1. The second kappa shape index (κ2) is 7.45. The van der Waals surface area contributed by atoms with Crippen LogP contribution < -0.4 is 0 Å². The Labute approximate surface area is 167 Å². The van der Waals surface area contributed by atoms with E-state index in [0.717, 1.165) is 18.6 Å². The van der Waals surface area contributed by atoms with Crippen molar-refractivity contribution in [2.45, 2.75) is 88.8 Å². The van der Waals surface area contributed by atoms with Crippen molar-refractivity contribution in [2.75, 3.05) is 0 Å². The van der Waals surface area contributed by atoms with Gasteiger partial charge in [-0.15, -0.1) is 0 Å². The van der Waals surface area contributed by atoms with Gasteiger partial charge in [0.05, 0.1) is 11.2 Å². The van der Waals surface area contributed by atoms with Crippen molar-refractivity contribution in [3.05, 3.63) is 35.1 Å². The maximum atomic E-state index is 13.6. The van der Waals surface area contributed by atoms with Gasteiger partial charge in [-0.25, -0.2) is 9.18 Å². The zero-order valence-electron chi connectivity index (χ0n) is 16.9. The minimum absolute atomic E-state index is 0.0223. The molecule has 2 fully saturated rings. The van der Waals surface area contributed by atoms with E-state index in [9.17, 15) is 27.5 Å². The minimum atomic E-state index is -4.79. The number of fused-ring (bicyclic) bond motifs is 2. The molecule has 1 aromatic carbocycles. The van der Waals surface area contributed by atoms with E-state index in [1.165, 1.54) is 6.07 Å². The molecule has 3 rings (SSSR count). The average Bonchev–Trinajstić information content (AvgIpc) is 2.53. The Morgan fingerprint density at radius 2 is 1.79 bits per heavy atom. The molecular formula is C21H27F4NO3. The minimum Gasteiger partial charge on any atom is -0.444 e. The van der Waals surface area contributed by atoms with E-state index in [4.69, 9.17) is 4.74 Å². The van der Waals surface area contributed by atoms with Crippen LogP contribution in [0.25, 0.3) is 0 Å². The summed E-state index contributed by atoms with van der Waals surface area (Å²) >= 11 is 0. The van der Waals surface area contributed by atoms with E-state index in [1.54, 1.807) is 25.7 Å². The Balaban J connectivity index is 1.79. The molecule has 1 amide bonds. The molecule has 162 valence electrons. The molecule has 0 aliphatic carbocycles. The highest BCUT2D eigenvalue weighted by atomic mass is 19.4. The first-order chi connectivity index (χ1) is 13.3. The molecule has 0 spiro atoms. The third kappa shape index (κ3) is 5.02. The molecule has 0 aromatic heterocycles. The Bertz CT molecular complexity index is 758. The fourth-order valence-electron chi connectivity index (χ4n) is 4.56. The maximum Gasteiger partial charge on any atom is 0.419 e. The molecule has 0 radical (unpaired) electrons. The summed E-state index contributed by atoms with van der Waals surface area (Å²) in [5.41, 5.74) is -2.99. The topological polar surface area (TPSA) is 49.8 Å². The van der Waals surface area contributed by atoms with Crippen LogP contribution in [-0.4, -0.2) is 39.4 Å². The van der Waals surface area contributed by atoms with Crippen LogP contribution in [0, 0.1) is 5.82 Å². The van der Waals surface area contributed by atoms with Gasteiger partial charge < -0.3 is 14.7 Å². The molecule has 8 heteroatoms. The number of hydrogen-bond donors (Lipinski definition) is 1. The number of piperidine rings is 2. The van der Waals surface area contributed by atoms with Crippen molar-refractivity contribution in [1.29, 1.82) is 0 Å². The predicted octanol–water partition coefficient (Wildman–Crippen LogP) is 5.07. The van der Waals surface area contributed by atoms with E-state index >= 15 is 0 Å². The van der Waals surface area contributed by atoms with Gasteiger partial charge in [0.15, 0.2) is 0 Å². The summed E-state index contributed by atoms with van der Waals surface area (Å²) in [5.74, 6) is -1.33. The fourth-order valence-corrected chi connectivity index (χ4v) is 4.56. The highest BCUT2D eigenvalue weighted by molar-refractivity contribution is 5.69. The molecule has 2 aliphatic heterocycles. The van der Waals surface area contributed by atoms with E-state index in [0.29, 0.717) is 12.8 Å². The molecule has 2 unspecified atom stereocenters. The number of ether oxygens (including phenoxy) is 1. The molecule has 2 bridgehead atoms. The normalized spacial score (nSPS) is 27.7. The molecule has 0 saturated carbocycles. The first kappa shape index (κ1) is 21.9. The number of halogens is 4. The Morgan fingerprint density at radius 3 is 2.31 bits per heavy atom. The summed E-state index contributed by atoms with van der Waals surface area (Å²) in [6.07, 6.45) is -2.41. The molecule has 1 N–H and O–H groups in total. The highest BCUT2D eigenvalue weighted by Gasteiger charge is 2.48. The maximum absolute atomic E-state index is 13.6. The molecule has 29 heavy (non-hydrogen) atoms. The van der Waals surface area contributed by atoms with Crippen molar-refractivity contribution in [1.82, 2.24) is 4.90 Å². The lowest BCUT2D eigenvalue weighted by atomic mass is 9.73. The molecule has 2 saturated heterocycles. The monoisotopic (exact) mass is 417 g/mol. The molecule has 2 atom stereocenters. The van der Waals surface area contributed by atoms with Gasteiger partial charge in [0, 0.05) is 18.5 Å². The Kier molecular flexibility index (Phi) is 5.62. The summed E-state index contributed by atoms with van der Waals surface area (Å²) in [4.78, 5) is 14.3. The predicted molar refractivity (Wildman–Crippen MR) is 98.8 cm³/mol. The van der Waals surface area contributed by atoms with E-state index in [2.05, 4.69) is 0 Å². The second-order valence-corrected chi connectivity index (χ2v) is 9.25. The Morgan fingerprint density at radius 1 is 1.21 bits per heavy atom. The van der Waals surface area contributed by atoms with Crippen molar-refractivity contribution in [3.63, 3.8) is 0 Å². The number of carbonyl (C=O) groups is 1. The lowest BCUT2D eigenvalue weighted by Crippen LogP contribution is -2.61. The van der Waals surface area contributed by atoms with Gasteiger partial charge in [0.1, 0.15) is 11.4 Å². The van der Waals surface area contributed by atoms with Crippen LogP contribution >= 0.6 is 0 Å². The number of nitrogens with zero attached hydrogens (tertiary/aromatic N) is 1. The van der Waals surface area contributed by atoms with Crippen LogP contribution in [0.1, 0.15) is 64.0 Å². The summed E-state index contributed by atoms with van der Waals surface area (Å²) in [5, 5.41) is 11.2. The summed E-state index contributed by atoms with van der Waals surface area (Å²) in [6.45, 7) is 5.36. The zero-order valence-corrected chi connectivity index (χ0v) is 16.9. The van der Waals surface area contributed by atoms with Gasteiger partial charge in [0.25, 0.3) is 0 Å². The molecular weight excluding hydrogens is 390 g/mol. The standard InChI is InChI=1S/C21H27F4NO3/c1-19(2,3)29-18(27)26-14-5-4-6-15(26)12-20(28,11-14)10-13-7-8-17(22)16(9-13)21(23,24)25/h7-9,14-15,28H,4-6,10-12H2,1-3H3. The quantitative estimate of drug-likeness (QED) is 0.684. The van der Waals surface area contributed by atoms with Crippen molar-refractivity contribution < 1.29 is 32.2 Å². The SMILES string of the molecule is CC(C)(C)OC(=O)N1C2CCCC1CC(O)(Cc1ccc(F)c(C(F)(F)F)c1)C2. The zero-order chi connectivity index (χ0) is 21.6. The van der Waals surface area contributed by atoms with E-state index < -0.39 is 34.9 Å². The van der Waals surface area contributed by atoms with Crippen molar-refractivity contribution >= 4 is 6.09 Å². The van der Waals surface area contributed by atoms with Crippen LogP contribution in [0.5, 0.6) is 0 Å². The third-order valence-electron chi connectivity index (χ3n) is 5.57. The molecule has 1 aromatic rings. The Hall–Kier alpha value is -1.83. The molecule has 2 aliphatic rings. The molecule has 4 nitrogen and oxygen atoms in total.